The normalized spacial score (nSPS) is 10.5. The Balaban J connectivity index is 1.83. The summed E-state index contributed by atoms with van der Waals surface area (Å²) in [4.78, 5) is 18.0. The van der Waals surface area contributed by atoms with E-state index in [4.69, 9.17) is 4.74 Å². The highest BCUT2D eigenvalue weighted by Crippen LogP contribution is 2.24. The summed E-state index contributed by atoms with van der Waals surface area (Å²) in [6.45, 7) is 2.02. The van der Waals surface area contributed by atoms with Gasteiger partial charge >= 0.3 is 0 Å². The van der Waals surface area contributed by atoms with Crippen LogP contribution < -0.4 is 10.1 Å². The van der Waals surface area contributed by atoms with E-state index in [0.717, 1.165) is 22.2 Å². The molecule has 0 aliphatic carbocycles. The van der Waals surface area contributed by atoms with Gasteiger partial charge in [-0.05, 0) is 42.8 Å². The molecule has 1 N–H and O–H groups in total. The first-order chi connectivity index (χ1) is 11.2. The number of aryl methyl sites for hydroxylation is 1. The van der Waals surface area contributed by atoms with Crippen LogP contribution in [0.3, 0.4) is 0 Å². The first-order valence-electron chi connectivity index (χ1n) is 7.29. The van der Waals surface area contributed by atoms with Crippen LogP contribution in [0, 0.1) is 0 Å². The summed E-state index contributed by atoms with van der Waals surface area (Å²) >= 11 is 1.53. The van der Waals surface area contributed by atoms with Crippen molar-refractivity contribution in [3.05, 3.63) is 59.4 Å². The molecular formula is C17H17N3O2S. The Hall–Kier alpha value is -2.60. The molecule has 0 unspecified atom stereocenters. The van der Waals surface area contributed by atoms with E-state index in [1.165, 1.54) is 11.3 Å². The van der Waals surface area contributed by atoms with Gasteiger partial charge in [0, 0.05) is 23.0 Å². The summed E-state index contributed by atoms with van der Waals surface area (Å²) in [6.07, 6.45) is 4.61. The van der Waals surface area contributed by atoms with E-state index in [2.05, 4.69) is 10.3 Å². The predicted molar refractivity (Wildman–Crippen MR) is 91.8 cm³/mol. The van der Waals surface area contributed by atoms with Crippen molar-refractivity contribution < 1.29 is 9.53 Å². The van der Waals surface area contributed by atoms with Crippen LogP contribution in [0.1, 0.15) is 22.3 Å². The quantitative estimate of drug-likeness (QED) is 0.776. The van der Waals surface area contributed by atoms with Crippen LogP contribution in [0.4, 0.5) is 5.69 Å². The Morgan fingerprint density at radius 2 is 1.96 bits per heavy atom. The van der Waals surface area contributed by atoms with Gasteiger partial charge in [-0.2, -0.15) is 0 Å². The van der Waals surface area contributed by atoms with Crippen molar-refractivity contribution in [3.63, 3.8) is 0 Å². The molecule has 0 atom stereocenters. The van der Waals surface area contributed by atoms with Crippen LogP contribution in [0.5, 0.6) is 5.75 Å². The zero-order valence-corrected chi connectivity index (χ0v) is 13.8. The Labute approximate surface area is 138 Å². The van der Waals surface area contributed by atoms with Gasteiger partial charge in [0.2, 0.25) is 0 Å². The number of amides is 1. The number of carbonyl (C=O) groups excluding carboxylic acids is 1. The number of carbonyl (C=O) groups is 1. The molecule has 0 bridgehead atoms. The minimum atomic E-state index is -0.193. The van der Waals surface area contributed by atoms with E-state index in [0.29, 0.717) is 11.4 Å². The summed E-state index contributed by atoms with van der Waals surface area (Å²) in [6, 6.07) is 11.1. The second kappa shape index (κ2) is 6.66. The second-order valence-corrected chi connectivity index (χ2v) is 5.96. The fourth-order valence-corrected chi connectivity index (χ4v) is 3.16. The van der Waals surface area contributed by atoms with Crippen LogP contribution in [0.25, 0.3) is 5.13 Å². The summed E-state index contributed by atoms with van der Waals surface area (Å²) in [5.74, 6) is 0.558. The highest BCUT2D eigenvalue weighted by Gasteiger charge is 2.18. The average Bonchev–Trinajstić information content (AvgIpc) is 3.24. The lowest BCUT2D eigenvalue weighted by Crippen LogP contribution is -2.14. The second-order valence-electron chi connectivity index (χ2n) is 4.89. The Kier molecular flexibility index (Phi) is 4.43. The van der Waals surface area contributed by atoms with Gasteiger partial charge in [0.05, 0.1) is 7.11 Å². The van der Waals surface area contributed by atoms with Gasteiger partial charge in [0.1, 0.15) is 11.4 Å². The van der Waals surface area contributed by atoms with Gasteiger partial charge in [-0.1, -0.05) is 6.92 Å². The van der Waals surface area contributed by atoms with E-state index < -0.39 is 0 Å². The van der Waals surface area contributed by atoms with Gasteiger partial charge in [-0.15, -0.1) is 11.3 Å². The molecule has 2 heterocycles. The van der Waals surface area contributed by atoms with Crippen molar-refractivity contribution in [2.75, 3.05) is 12.4 Å². The zero-order valence-electron chi connectivity index (χ0n) is 12.9. The molecule has 23 heavy (non-hydrogen) atoms. The zero-order chi connectivity index (χ0) is 16.2. The van der Waals surface area contributed by atoms with E-state index in [-0.39, 0.29) is 5.91 Å². The Morgan fingerprint density at radius 3 is 2.57 bits per heavy atom. The number of nitrogens with one attached hydrogen (secondary N) is 1. The number of hydrogen-bond acceptors (Lipinski definition) is 4. The van der Waals surface area contributed by atoms with Crippen molar-refractivity contribution >= 4 is 22.9 Å². The number of ether oxygens (including phenoxy) is 1. The number of benzene rings is 1. The van der Waals surface area contributed by atoms with Gasteiger partial charge in [-0.25, -0.2) is 4.98 Å². The third-order valence-corrected chi connectivity index (χ3v) is 4.61. The molecule has 3 aromatic rings. The fraction of sp³-hybridized carbons (Fsp3) is 0.176. The summed E-state index contributed by atoms with van der Waals surface area (Å²) in [7, 11) is 1.61. The monoisotopic (exact) mass is 327 g/mol. The average molecular weight is 327 g/mol. The predicted octanol–water partition coefficient (Wildman–Crippen LogP) is 3.76. The molecular weight excluding hydrogens is 310 g/mol. The van der Waals surface area contributed by atoms with Crippen molar-refractivity contribution in [1.29, 1.82) is 0 Å². The highest BCUT2D eigenvalue weighted by atomic mass is 32.1. The molecule has 2 aromatic heterocycles. The van der Waals surface area contributed by atoms with E-state index in [1.54, 1.807) is 7.11 Å². The number of hydrogen-bond donors (Lipinski definition) is 1. The molecule has 0 aliphatic heterocycles. The van der Waals surface area contributed by atoms with Crippen LogP contribution >= 0.6 is 11.3 Å². The standard InChI is InChI=1S/C17H17N3O2S/c1-3-14-15(19-17(23-14)20-10-4-5-11-20)16(21)18-12-6-8-13(22-2)9-7-12/h4-11H,3H2,1-2H3,(H,18,21). The topological polar surface area (TPSA) is 56.2 Å². The Bertz CT molecular complexity index is 792. The first-order valence-corrected chi connectivity index (χ1v) is 8.11. The lowest BCUT2D eigenvalue weighted by Gasteiger charge is -2.05. The number of anilines is 1. The Morgan fingerprint density at radius 1 is 1.26 bits per heavy atom. The van der Waals surface area contributed by atoms with Crippen LogP contribution in [-0.2, 0) is 6.42 Å². The molecule has 0 aliphatic rings. The molecule has 1 amide bonds. The van der Waals surface area contributed by atoms with Gasteiger partial charge < -0.3 is 14.6 Å². The molecule has 0 saturated carbocycles. The molecule has 0 radical (unpaired) electrons. The van der Waals surface area contributed by atoms with Gasteiger partial charge in [-0.3, -0.25) is 4.79 Å². The maximum atomic E-state index is 12.5. The number of aromatic nitrogens is 2. The minimum Gasteiger partial charge on any atom is -0.497 e. The maximum absolute atomic E-state index is 12.5. The lowest BCUT2D eigenvalue weighted by molar-refractivity contribution is 0.102. The molecule has 0 fully saturated rings. The van der Waals surface area contributed by atoms with Crippen LogP contribution in [0.15, 0.2) is 48.8 Å². The molecule has 5 nitrogen and oxygen atoms in total. The van der Waals surface area contributed by atoms with Crippen LogP contribution in [-0.4, -0.2) is 22.6 Å². The van der Waals surface area contributed by atoms with Gasteiger partial charge in [0.15, 0.2) is 5.13 Å². The lowest BCUT2D eigenvalue weighted by atomic mass is 10.2. The molecule has 118 valence electrons. The smallest absolute Gasteiger partial charge is 0.275 e. The number of thiazole rings is 1. The summed E-state index contributed by atoms with van der Waals surface area (Å²) in [5.41, 5.74) is 1.20. The maximum Gasteiger partial charge on any atom is 0.275 e. The molecule has 1 aromatic carbocycles. The largest absolute Gasteiger partial charge is 0.497 e. The number of rotatable bonds is 5. The SMILES string of the molecule is CCc1sc(-n2cccc2)nc1C(=O)Nc1ccc(OC)cc1. The van der Waals surface area contributed by atoms with Crippen molar-refractivity contribution in [3.8, 4) is 10.9 Å². The first kappa shape index (κ1) is 15.3. The fourth-order valence-electron chi connectivity index (χ4n) is 2.19. The van der Waals surface area contributed by atoms with Gasteiger partial charge in [0.25, 0.3) is 5.91 Å². The minimum absolute atomic E-state index is 0.193. The van der Waals surface area contributed by atoms with E-state index >= 15 is 0 Å². The summed E-state index contributed by atoms with van der Waals surface area (Å²) in [5, 5.41) is 3.68. The summed E-state index contributed by atoms with van der Waals surface area (Å²) < 4.78 is 7.02. The molecule has 3 rings (SSSR count). The highest BCUT2D eigenvalue weighted by molar-refractivity contribution is 7.14. The molecule has 0 spiro atoms. The molecule has 6 heteroatoms. The van der Waals surface area contributed by atoms with Crippen molar-refractivity contribution in [2.45, 2.75) is 13.3 Å². The third kappa shape index (κ3) is 3.27. The number of nitrogens with zero attached hydrogens (tertiary/aromatic N) is 2. The van der Waals surface area contributed by atoms with Crippen molar-refractivity contribution in [1.82, 2.24) is 9.55 Å². The van der Waals surface area contributed by atoms with E-state index in [1.807, 2.05) is 60.3 Å². The van der Waals surface area contributed by atoms with Crippen molar-refractivity contribution in [2.24, 2.45) is 0 Å². The van der Waals surface area contributed by atoms with Crippen LogP contribution in [0.2, 0.25) is 0 Å². The third-order valence-electron chi connectivity index (χ3n) is 3.40. The number of methoxy groups -OCH3 is 1. The molecule has 0 saturated heterocycles. The van der Waals surface area contributed by atoms with E-state index in [9.17, 15) is 4.79 Å².